The van der Waals surface area contributed by atoms with Crippen molar-refractivity contribution in [2.45, 2.75) is 46.1 Å². The monoisotopic (exact) mass is 494 g/mol. The van der Waals surface area contributed by atoms with Crippen LogP contribution in [0.1, 0.15) is 48.6 Å². The van der Waals surface area contributed by atoms with E-state index in [2.05, 4.69) is 34.9 Å². The highest BCUT2D eigenvalue weighted by atomic mass is 16.3. The number of anilines is 1. The summed E-state index contributed by atoms with van der Waals surface area (Å²) in [6, 6.07) is 14.3. The molecule has 1 unspecified atom stereocenters. The van der Waals surface area contributed by atoms with Crippen LogP contribution in [0.15, 0.2) is 42.5 Å². The summed E-state index contributed by atoms with van der Waals surface area (Å²) >= 11 is 0. The molecule has 2 aromatic rings. The molecule has 0 aromatic heterocycles. The Hall–Kier alpha value is -2.90. The number of aliphatic hydroxyl groups excluding tert-OH is 1. The summed E-state index contributed by atoms with van der Waals surface area (Å²) < 4.78 is 0. The number of carbonyl (C=O) groups excluding carboxylic acids is 2. The van der Waals surface area contributed by atoms with Gasteiger partial charge in [0.1, 0.15) is 0 Å². The number of nitrogens with zero attached hydrogens (tertiary/aromatic N) is 2. The molecule has 0 heterocycles. The SMILES string of the molecule is CCNCCNC(=O)CN(CC(=O)N(C)CCC1Cc2ccccc2C1)c1cc(C(C)O)ccc1C. The number of amides is 2. The first-order valence-corrected chi connectivity index (χ1v) is 13.1. The zero-order valence-electron chi connectivity index (χ0n) is 22.2. The van der Waals surface area contributed by atoms with Crippen molar-refractivity contribution in [1.29, 1.82) is 0 Å². The predicted molar refractivity (Wildman–Crippen MR) is 145 cm³/mol. The summed E-state index contributed by atoms with van der Waals surface area (Å²) in [5.74, 6) is 0.406. The van der Waals surface area contributed by atoms with Crippen LogP contribution in [0.25, 0.3) is 0 Å². The normalized spacial score (nSPS) is 13.8. The van der Waals surface area contributed by atoms with Crippen molar-refractivity contribution in [3.8, 4) is 0 Å². The summed E-state index contributed by atoms with van der Waals surface area (Å²) in [4.78, 5) is 29.6. The first-order valence-electron chi connectivity index (χ1n) is 13.1. The van der Waals surface area contributed by atoms with Gasteiger partial charge in [-0.2, -0.15) is 0 Å². The molecule has 2 amide bonds. The minimum Gasteiger partial charge on any atom is -0.389 e. The van der Waals surface area contributed by atoms with Gasteiger partial charge in [0.2, 0.25) is 11.8 Å². The molecule has 0 saturated heterocycles. The third kappa shape index (κ3) is 7.80. The standard InChI is InChI=1S/C29H42N4O3/c1-5-30-13-14-31-28(35)19-33(27-18-24(22(3)34)11-10-21(27)2)20-29(36)32(4)15-12-23-16-25-8-6-7-9-26(25)17-23/h6-11,18,22-23,30,34H,5,12-17,19-20H2,1-4H3,(H,31,35). The maximum atomic E-state index is 13.3. The maximum absolute atomic E-state index is 13.3. The Bertz CT molecular complexity index is 998. The summed E-state index contributed by atoms with van der Waals surface area (Å²) in [6.07, 6.45) is 2.47. The average molecular weight is 495 g/mol. The van der Waals surface area contributed by atoms with E-state index >= 15 is 0 Å². The smallest absolute Gasteiger partial charge is 0.241 e. The van der Waals surface area contributed by atoms with Gasteiger partial charge in [0.05, 0.1) is 19.2 Å². The number of aliphatic hydroxyl groups is 1. The number of fused-ring (bicyclic) bond motifs is 1. The lowest BCUT2D eigenvalue weighted by Gasteiger charge is -2.29. The van der Waals surface area contributed by atoms with Gasteiger partial charge >= 0.3 is 0 Å². The van der Waals surface area contributed by atoms with Crippen molar-refractivity contribution >= 4 is 17.5 Å². The average Bonchev–Trinajstić information content (AvgIpc) is 3.28. The third-order valence-corrected chi connectivity index (χ3v) is 7.02. The van der Waals surface area contributed by atoms with Gasteiger partial charge in [0.15, 0.2) is 0 Å². The van der Waals surface area contributed by atoms with Crippen molar-refractivity contribution in [1.82, 2.24) is 15.5 Å². The lowest BCUT2D eigenvalue weighted by molar-refractivity contribution is -0.128. The van der Waals surface area contributed by atoms with Gasteiger partial charge in [-0.15, -0.1) is 0 Å². The number of carbonyl (C=O) groups is 2. The fourth-order valence-electron chi connectivity index (χ4n) is 4.79. The van der Waals surface area contributed by atoms with Crippen LogP contribution >= 0.6 is 0 Å². The van der Waals surface area contributed by atoms with E-state index in [0.717, 1.165) is 42.6 Å². The van der Waals surface area contributed by atoms with E-state index in [0.29, 0.717) is 25.6 Å². The molecule has 0 saturated carbocycles. The van der Waals surface area contributed by atoms with E-state index in [-0.39, 0.29) is 24.9 Å². The molecule has 1 atom stereocenters. The van der Waals surface area contributed by atoms with Crippen LogP contribution in [-0.2, 0) is 22.4 Å². The highest BCUT2D eigenvalue weighted by Crippen LogP contribution is 2.29. The van der Waals surface area contributed by atoms with Crippen LogP contribution in [0.2, 0.25) is 0 Å². The van der Waals surface area contributed by atoms with Gasteiger partial charge < -0.3 is 25.5 Å². The molecule has 3 N–H and O–H groups in total. The molecule has 0 radical (unpaired) electrons. The van der Waals surface area contributed by atoms with Crippen LogP contribution in [0.5, 0.6) is 0 Å². The van der Waals surface area contributed by atoms with Crippen LogP contribution in [0, 0.1) is 12.8 Å². The van der Waals surface area contributed by atoms with Crippen molar-refractivity contribution in [3.63, 3.8) is 0 Å². The second-order valence-corrected chi connectivity index (χ2v) is 9.93. The van der Waals surface area contributed by atoms with Crippen molar-refractivity contribution in [3.05, 3.63) is 64.7 Å². The molecule has 2 aromatic carbocycles. The Morgan fingerprint density at radius 2 is 1.78 bits per heavy atom. The largest absolute Gasteiger partial charge is 0.389 e. The van der Waals surface area contributed by atoms with Crippen molar-refractivity contribution < 1.29 is 14.7 Å². The Morgan fingerprint density at radius 3 is 2.42 bits per heavy atom. The quantitative estimate of drug-likeness (QED) is 0.373. The second-order valence-electron chi connectivity index (χ2n) is 9.93. The zero-order valence-corrected chi connectivity index (χ0v) is 22.2. The van der Waals surface area contributed by atoms with Crippen molar-refractivity contribution in [2.24, 2.45) is 5.92 Å². The topological polar surface area (TPSA) is 84.9 Å². The van der Waals surface area contributed by atoms with Crippen LogP contribution in [-0.4, -0.2) is 68.1 Å². The van der Waals surface area contributed by atoms with Crippen molar-refractivity contribution in [2.75, 3.05) is 51.2 Å². The number of rotatable bonds is 13. The van der Waals surface area contributed by atoms with Gasteiger partial charge in [-0.3, -0.25) is 9.59 Å². The van der Waals surface area contributed by atoms with Crippen LogP contribution < -0.4 is 15.5 Å². The number of benzene rings is 2. The molecule has 1 aliphatic carbocycles. The Labute approximate surface area is 215 Å². The molecule has 0 spiro atoms. The molecular formula is C29H42N4O3. The highest BCUT2D eigenvalue weighted by molar-refractivity contribution is 5.87. The minimum absolute atomic E-state index is 0.0205. The first-order chi connectivity index (χ1) is 17.3. The predicted octanol–water partition coefficient (Wildman–Crippen LogP) is 2.84. The molecule has 7 heteroatoms. The number of aryl methyl sites for hydroxylation is 1. The molecule has 1 aliphatic rings. The first kappa shape index (κ1) is 27.7. The number of likely N-dealkylation sites (N-methyl/N-ethyl adjacent to an activating group) is 2. The summed E-state index contributed by atoms with van der Waals surface area (Å²) in [7, 11) is 1.85. The summed E-state index contributed by atoms with van der Waals surface area (Å²) in [5, 5.41) is 16.2. The van der Waals surface area contributed by atoms with Gasteiger partial charge in [0.25, 0.3) is 0 Å². The van der Waals surface area contributed by atoms with E-state index < -0.39 is 6.10 Å². The third-order valence-electron chi connectivity index (χ3n) is 7.02. The number of nitrogens with one attached hydrogen (secondary N) is 2. The van der Waals surface area contributed by atoms with E-state index in [1.165, 1.54) is 11.1 Å². The number of hydrogen-bond acceptors (Lipinski definition) is 5. The Balaban J connectivity index is 1.64. The van der Waals surface area contributed by atoms with E-state index in [9.17, 15) is 14.7 Å². The van der Waals surface area contributed by atoms with Gasteiger partial charge in [-0.05, 0) is 73.9 Å². The van der Waals surface area contributed by atoms with Gasteiger partial charge in [0, 0.05) is 32.4 Å². The molecule has 0 fully saturated rings. The van der Waals surface area contributed by atoms with E-state index in [1.54, 1.807) is 11.8 Å². The Morgan fingerprint density at radius 1 is 1.08 bits per heavy atom. The Kier molecular flexibility index (Phi) is 10.3. The molecule has 36 heavy (non-hydrogen) atoms. The molecule has 0 aliphatic heterocycles. The van der Waals surface area contributed by atoms with E-state index in [1.807, 2.05) is 44.0 Å². The van der Waals surface area contributed by atoms with Crippen LogP contribution in [0.4, 0.5) is 5.69 Å². The zero-order chi connectivity index (χ0) is 26.1. The summed E-state index contributed by atoms with van der Waals surface area (Å²) in [5.41, 5.74) is 5.37. The van der Waals surface area contributed by atoms with Gasteiger partial charge in [-0.1, -0.05) is 43.3 Å². The van der Waals surface area contributed by atoms with E-state index in [4.69, 9.17) is 0 Å². The maximum Gasteiger partial charge on any atom is 0.241 e. The fourth-order valence-corrected chi connectivity index (χ4v) is 4.79. The lowest BCUT2D eigenvalue weighted by Crippen LogP contribution is -2.45. The molecule has 7 nitrogen and oxygen atoms in total. The minimum atomic E-state index is -0.631. The number of hydrogen-bond donors (Lipinski definition) is 3. The molecule has 0 bridgehead atoms. The second kappa shape index (κ2) is 13.4. The lowest BCUT2D eigenvalue weighted by atomic mass is 10.0. The molecule has 196 valence electrons. The molecular weight excluding hydrogens is 452 g/mol. The van der Waals surface area contributed by atoms with Crippen LogP contribution in [0.3, 0.4) is 0 Å². The summed E-state index contributed by atoms with van der Waals surface area (Å²) in [6.45, 7) is 8.65. The fraction of sp³-hybridized carbons (Fsp3) is 0.517. The van der Waals surface area contributed by atoms with Gasteiger partial charge in [-0.25, -0.2) is 0 Å². The molecule has 3 rings (SSSR count). The highest BCUT2D eigenvalue weighted by Gasteiger charge is 2.23.